The molecule has 1 N–H and O–H groups in total. The van der Waals surface area contributed by atoms with E-state index in [1.165, 1.54) is 11.3 Å². The van der Waals surface area contributed by atoms with E-state index in [4.69, 9.17) is 4.74 Å². The first-order valence-corrected chi connectivity index (χ1v) is 9.57. The van der Waals surface area contributed by atoms with Crippen molar-refractivity contribution >= 4 is 30.1 Å². The van der Waals surface area contributed by atoms with E-state index < -0.39 is 0 Å². The lowest BCUT2D eigenvalue weighted by molar-refractivity contribution is -0.149. The van der Waals surface area contributed by atoms with E-state index in [9.17, 15) is 14.4 Å². The molecule has 5 heterocycles. The van der Waals surface area contributed by atoms with Gasteiger partial charge in [0, 0.05) is 19.6 Å². The molecule has 5 saturated heterocycles. The fourth-order valence-corrected chi connectivity index (χ4v) is 5.62. The number of hydrogen-bond acceptors (Lipinski definition) is 5. The fourth-order valence-electron chi connectivity index (χ4n) is 5.62. The summed E-state index contributed by atoms with van der Waals surface area (Å²) in [5.41, 5.74) is 0.351. The highest BCUT2D eigenvalue weighted by Crippen LogP contribution is 2.48. The van der Waals surface area contributed by atoms with Crippen LogP contribution in [0.3, 0.4) is 0 Å². The summed E-state index contributed by atoms with van der Waals surface area (Å²) in [4.78, 5) is 41.0. The fraction of sp³-hybridized carbons (Fsp3) is 0.833. The lowest BCUT2D eigenvalue weighted by Gasteiger charge is -2.39. The highest BCUT2D eigenvalue weighted by atomic mass is 35.5. The number of likely N-dealkylation sites (tertiary alicyclic amines) is 2. The first kappa shape index (κ1) is 18.2. The van der Waals surface area contributed by atoms with Gasteiger partial charge in [-0.25, -0.2) is 0 Å². The number of carbonyl (C=O) groups excluding carboxylic acids is 3. The van der Waals surface area contributed by atoms with Crippen molar-refractivity contribution in [3.63, 3.8) is 0 Å². The van der Waals surface area contributed by atoms with Crippen molar-refractivity contribution in [2.24, 2.45) is 17.3 Å². The van der Waals surface area contributed by atoms with Gasteiger partial charge in [0.2, 0.25) is 17.7 Å². The van der Waals surface area contributed by atoms with Gasteiger partial charge < -0.3 is 15.0 Å². The van der Waals surface area contributed by atoms with Crippen LogP contribution in [-0.2, 0) is 19.1 Å². The molecule has 26 heavy (non-hydrogen) atoms. The van der Waals surface area contributed by atoms with E-state index in [0.717, 1.165) is 51.9 Å². The zero-order chi connectivity index (χ0) is 17.2. The molecule has 0 radical (unpaired) electrons. The maximum Gasteiger partial charge on any atom is 0.242 e. The molecular formula is C18H26ClN3O4. The number of rotatable bonds is 2. The van der Waals surface area contributed by atoms with Crippen LogP contribution in [0.15, 0.2) is 0 Å². The number of ether oxygens (including phenoxy) is 1. The van der Waals surface area contributed by atoms with Crippen LogP contribution in [0.1, 0.15) is 32.1 Å². The monoisotopic (exact) mass is 383 g/mol. The quantitative estimate of drug-likeness (QED) is 0.688. The zero-order valence-electron chi connectivity index (χ0n) is 14.8. The summed E-state index contributed by atoms with van der Waals surface area (Å²) in [6, 6.07) is 0. The zero-order valence-corrected chi connectivity index (χ0v) is 15.6. The van der Waals surface area contributed by atoms with Crippen LogP contribution in [0.2, 0.25) is 0 Å². The van der Waals surface area contributed by atoms with Crippen LogP contribution >= 0.6 is 12.4 Å². The smallest absolute Gasteiger partial charge is 0.242 e. The number of amides is 3. The van der Waals surface area contributed by atoms with Crippen LogP contribution in [0.4, 0.5) is 0 Å². The molecule has 5 fully saturated rings. The van der Waals surface area contributed by atoms with Gasteiger partial charge in [0.25, 0.3) is 0 Å². The standard InChI is InChI=1S/C18H25N3O4.ClH/c22-13(20-7-4-18(5-8-20)3-6-19-10-18)9-21-16(23)14-11-1-2-12(25-11)15(14)17(21)24;/h11-12,14-15,19H,1-10H2;1H. The number of nitrogens with one attached hydrogen (secondary N) is 1. The number of fused-ring (bicyclic) bond motifs is 5. The average Bonchev–Trinajstić information content (AvgIpc) is 3.37. The van der Waals surface area contributed by atoms with Gasteiger partial charge in [-0.2, -0.15) is 0 Å². The predicted molar refractivity (Wildman–Crippen MR) is 94.6 cm³/mol. The van der Waals surface area contributed by atoms with E-state index in [0.29, 0.717) is 5.41 Å². The molecule has 0 aromatic carbocycles. The van der Waals surface area contributed by atoms with Gasteiger partial charge >= 0.3 is 0 Å². The van der Waals surface area contributed by atoms with Crippen molar-refractivity contribution in [2.45, 2.75) is 44.3 Å². The molecule has 0 aromatic rings. The number of carbonyl (C=O) groups is 3. The second-order valence-electron chi connectivity index (χ2n) is 8.41. The van der Waals surface area contributed by atoms with Gasteiger partial charge in [-0.1, -0.05) is 0 Å². The molecule has 4 unspecified atom stereocenters. The summed E-state index contributed by atoms with van der Waals surface area (Å²) in [7, 11) is 0. The number of hydrogen-bond donors (Lipinski definition) is 1. The minimum atomic E-state index is -0.340. The summed E-state index contributed by atoms with van der Waals surface area (Å²) in [6.07, 6.45) is 4.69. The van der Waals surface area contributed by atoms with E-state index >= 15 is 0 Å². The van der Waals surface area contributed by atoms with E-state index in [2.05, 4.69) is 5.32 Å². The Morgan fingerprint density at radius 3 is 2.23 bits per heavy atom. The Kier molecular flexibility index (Phi) is 4.52. The Bertz CT molecular complexity index is 598. The molecule has 4 atom stereocenters. The molecule has 0 aliphatic carbocycles. The summed E-state index contributed by atoms with van der Waals surface area (Å²) in [5, 5.41) is 3.42. The molecule has 144 valence electrons. The third kappa shape index (κ3) is 2.59. The Balaban J connectivity index is 0.00000168. The van der Waals surface area contributed by atoms with E-state index in [1.807, 2.05) is 4.90 Å². The van der Waals surface area contributed by atoms with Gasteiger partial charge in [0.15, 0.2) is 0 Å². The minimum Gasteiger partial charge on any atom is -0.373 e. The maximum absolute atomic E-state index is 12.7. The van der Waals surface area contributed by atoms with Gasteiger partial charge in [0.05, 0.1) is 24.0 Å². The maximum atomic E-state index is 12.7. The van der Waals surface area contributed by atoms with Crippen molar-refractivity contribution in [1.82, 2.24) is 15.1 Å². The normalized spacial score (nSPS) is 37.4. The van der Waals surface area contributed by atoms with Crippen molar-refractivity contribution in [3.8, 4) is 0 Å². The largest absolute Gasteiger partial charge is 0.373 e. The molecular weight excluding hydrogens is 358 g/mol. The summed E-state index contributed by atoms with van der Waals surface area (Å²) >= 11 is 0. The van der Waals surface area contributed by atoms with E-state index in [-0.39, 0.29) is 60.7 Å². The molecule has 5 aliphatic rings. The van der Waals surface area contributed by atoms with Crippen LogP contribution in [0, 0.1) is 17.3 Å². The average molecular weight is 384 g/mol. The summed E-state index contributed by atoms with van der Waals surface area (Å²) < 4.78 is 5.73. The predicted octanol–water partition coefficient (Wildman–Crippen LogP) is 0.173. The Morgan fingerprint density at radius 2 is 1.69 bits per heavy atom. The molecule has 5 aliphatic heterocycles. The lowest BCUT2D eigenvalue weighted by Crippen LogP contribution is -2.49. The molecule has 3 amide bonds. The SMILES string of the molecule is Cl.O=C(CN1C(=O)C2C3CCC(O3)C2C1=O)N1CCC2(CCNC2)CC1. The van der Waals surface area contributed by atoms with E-state index in [1.54, 1.807) is 0 Å². The third-order valence-electron chi connectivity index (χ3n) is 7.18. The Morgan fingerprint density at radius 1 is 1.08 bits per heavy atom. The van der Waals surface area contributed by atoms with Crippen molar-refractivity contribution in [3.05, 3.63) is 0 Å². The highest BCUT2D eigenvalue weighted by molar-refractivity contribution is 6.08. The van der Waals surface area contributed by atoms with Crippen molar-refractivity contribution < 1.29 is 19.1 Å². The Hall–Kier alpha value is -1.18. The Labute approximate surface area is 159 Å². The summed E-state index contributed by atoms with van der Waals surface area (Å²) in [5.74, 6) is -1.15. The molecule has 2 bridgehead atoms. The van der Waals surface area contributed by atoms with Crippen LogP contribution in [0.25, 0.3) is 0 Å². The number of imide groups is 1. The highest BCUT2D eigenvalue weighted by Gasteiger charge is 2.62. The first-order valence-electron chi connectivity index (χ1n) is 9.57. The van der Waals surface area contributed by atoms with Crippen molar-refractivity contribution in [2.75, 3.05) is 32.7 Å². The van der Waals surface area contributed by atoms with Crippen LogP contribution in [0.5, 0.6) is 0 Å². The van der Waals surface area contributed by atoms with Crippen molar-refractivity contribution in [1.29, 1.82) is 0 Å². The van der Waals surface area contributed by atoms with Gasteiger partial charge in [-0.15, -0.1) is 12.4 Å². The minimum absolute atomic E-state index is 0. The molecule has 5 rings (SSSR count). The van der Waals surface area contributed by atoms with Gasteiger partial charge in [0.1, 0.15) is 6.54 Å². The second-order valence-corrected chi connectivity index (χ2v) is 8.41. The number of halogens is 1. The molecule has 0 aromatic heterocycles. The molecule has 0 saturated carbocycles. The number of nitrogens with zero attached hydrogens (tertiary/aromatic N) is 2. The lowest BCUT2D eigenvalue weighted by atomic mass is 9.78. The second kappa shape index (κ2) is 6.46. The third-order valence-corrected chi connectivity index (χ3v) is 7.18. The molecule has 1 spiro atoms. The first-order chi connectivity index (χ1) is 12.1. The molecule has 7 nitrogen and oxygen atoms in total. The topological polar surface area (TPSA) is 79.0 Å². The summed E-state index contributed by atoms with van der Waals surface area (Å²) in [6.45, 7) is 3.49. The van der Waals surface area contributed by atoms with Gasteiger partial charge in [-0.3, -0.25) is 19.3 Å². The van der Waals surface area contributed by atoms with Crippen LogP contribution in [-0.4, -0.2) is 72.5 Å². The van der Waals surface area contributed by atoms with Crippen LogP contribution < -0.4 is 5.32 Å². The van der Waals surface area contributed by atoms with Gasteiger partial charge in [-0.05, 0) is 44.1 Å². The molecule has 8 heteroatoms. The number of piperidine rings is 1.